The lowest BCUT2D eigenvalue weighted by Crippen LogP contribution is -2.25. The van der Waals surface area contributed by atoms with Gasteiger partial charge in [0.2, 0.25) is 10.0 Å². The third kappa shape index (κ3) is 4.03. The van der Waals surface area contributed by atoms with Gasteiger partial charge in [0.05, 0.1) is 36.4 Å². The lowest BCUT2D eigenvalue weighted by atomic mass is 10.0. The number of anilines is 2. The Morgan fingerprint density at radius 3 is 2.61 bits per heavy atom. The van der Waals surface area contributed by atoms with Gasteiger partial charge in [0.15, 0.2) is 0 Å². The van der Waals surface area contributed by atoms with Crippen molar-refractivity contribution in [3.63, 3.8) is 0 Å². The summed E-state index contributed by atoms with van der Waals surface area (Å²) in [5, 5.41) is 4.61. The van der Waals surface area contributed by atoms with E-state index in [0.717, 1.165) is 10.8 Å². The third-order valence-electron chi connectivity index (χ3n) is 5.24. The van der Waals surface area contributed by atoms with Crippen molar-refractivity contribution >= 4 is 38.1 Å². The minimum absolute atomic E-state index is 0.134. The molecule has 1 N–H and O–H groups in total. The Morgan fingerprint density at radius 1 is 1.10 bits per heavy atom. The summed E-state index contributed by atoms with van der Waals surface area (Å²) in [4.78, 5) is 13.3. The largest absolute Gasteiger partial charge is 0.494 e. The van der Waals surface area contributed by atoms with Crippen LogP contribution in [0.4, 0.5) is 11.4 Å². The fraction of sp³-hybridized carbons (Fsp3) is 0.261. The van der Waals surface area contributed by atoms with Gasteiger partial charge in [-0.1, -0.05) is 30.3 Å². The Hall–Kier alpha value is -3.26. The molecule has 31 heavy (non-hydrogen) atoms. The lowest BCUT2D eigenvalue weighted by Gasteiger charge is -2.19. The normalized spacial score (nSPS) is 15.1. The number of hydrogen-bond donors (Lipinski definition) is 1. The zero-order valence-corrected chi connectivity index (χ0v) is 18.2. The van der Waals surface area contributed by atoms with E-state index in [-0.39, 0.29) is 11.7 Å². The number of benzene rings is 3. The highest BCUT2D eigenvalue weighted by Gasteiger charge is 2.29. The van der Waals surface area contributed by atoms with Gasteiger partial charge in [0.25, 0.3) is 5.91 Å². The molecular weight excluding hydrogens is 416 g/mol. The van der Waals surface area contributed by atoms with Gasteiger partial charge in [-0.15, -0.1) is 0 Å². The summed E-state index contributed by atoms with van der Waals surface area (Å²) in [7, 11) is -1.82. The van der Waals surface area contributed by atoms with Crippen molar-refractivity contribution in [1.82, 2.24) is 0 Å². The Bertz CT molecular complexity index is 1240. The molecule has 3 aromatic carbocycles. The molecule has 3 aromatic rings. The standard InChI is InChI=1S/C23H24N2O5S/c1-3-30-20-12-9-16-7-4-5-8-18(16)22(20)23(26)24-19-11-10-17(15-21(19)29-2)25-13-6-14-31(25,27)28/h4-5,7-12,15H,3,6,13-14H2,1-2H3,(H,24,26). The minimum atomic E-state index is -3.31. The monoisotopic (exact) mass is 440 g/mol. The highest BCUT2D eigenvalue weighted by Crippen LogP contribution is 2.34. The van der Waals surface area contributed by atoms with Gasteiger partial charge in [0, 0.05) is 12.6 Å². The van der Waals surface area contributed by atoms with Crippen LogP contribution in [0.15, 0.2) is 54.6 Å². The van der Waals surface area contributed by atoms with Gasteiger partial charge in [-0.25, -0.2) is 8.42 Å². The molecule has 0 unspecified atom stereocenters. The predicted octanol–water partition coefficient (Wildman–Crippen LogP) is 4.04. The van der Waals surface area contributed by atoms with Crippen LogP contribution in [0.5, 0.6) is 11.5 Å². The van der Waals surface area contributed by atoms with Crippen molar-refractivity contribution in [2.45, 2.75) is 13.3 Å². The van der Waals surface area contributed by atoms with E-state index in [2.05, 4.69) is 5.32 Å². The number of carbonyl (C=O) groups is 1. The number of ether oxygens (including phenoxy) is 2. The summed E-state index contributed by atoms with van der Waals surface area (Å²) < 4.78 is 37.0. The second-order valence-electron chi connectivity index (χ2n) is 7.17. The predicted molar refractivity (Wildman–Crippen MR) is 122 cm³/mol. The van der Waals surface area contributed by atoms with Crippen LogP contribution in [0.3, 0.4) is 0 Å². The van der Waals surface area contributed by atoms with E-state index in [4.69, 9.17) is 9.47 Å². The van der Waals surface area contributed by atoms with E-state index >= 15 is 0 Å². The summed E-state index contributed by atoms with van der Waals surface area (Å²) in [6, 6.07) is 16.3. The van der Waals surface area contributed by atoms with Crippen LogP contribution >= 0.6 is 0 Å². The molecular formula is C23H24N2O5S. The van der Waals surface area contributed by atoms with Gasteiger partial charge < -0.3 is 14.8 Å². The average molecular weight is 441 g/mol. The zero-order chi connectivity index (χ0) is 22.0. The summed E-state index contributed by atoms with van der Waals surface area (Å²) in [6.45, 7) is 2.73. The molecule has 1 saturated heterocycles. The smallest absolute Gasteiger partial charge is 0.260 e. The van der Waals surface area contributed by atoms with Crippen molar-refractivity contribution < 1.29 is 22.7 Å². The van der Waals surface area contributed by atoms with Crippen LogP contribution in [0.25, 0.3) is 10.8 Å². The molecule has 1 aliphatic heterocycles. The first-order valence-electron chi connectivity index (χ1n) is 10.1. The molecule has 0 spiro atoms. The summed E-state index contributed by atoms with van der Waals surface area (Å²) >= 11 is 0. The number of nitrogens with one attached hydrogen (secondary N) is 1. The maximum absolute atomic E-state index is 13.3. The maximum Gasteiger partial charge on any atom is 0.260 e. The lowest BCUT2D eigenvalue weighted by molar-refractivity contribution is 0.102. The highest BCUT2D eigenvalue weighted by molar-refractivity contribution is 7.93. The molecule has 162 valence electrons. The molecule has 0 bridgehead atoms. The van der Waals surface area contributed by atoms with Crippen LogP contribution in [0.2, 0.25) is 0 Å². The average Bonchev–Trinajstić information content (AvgIpc) is 3.13. The second-order valence-corrected chi connectivity index (χ2v) is 9.19. The summed E-state index contributed by atoms with van der Waals surface area (Å²) in [6.07, 6.45) is 0.588. The van der Waals surface area contributed by atoms with E-state index in [9.17, 15) is 13.2 Å². The molecule has 1 fully saturated rings. The van der Waals surface area contributed by atoms with E-state index in [0.29, 0.717) is 48.0 Å². The van der Waals surface area contributed by atoms with Crippen LogP contribution in [0, 0.1) is 0 Å². The van der Waals surface area contributed by atoms with Crippen molar-refractivity contribution in [2.24, 2.45) is 0 Å². The fourth-order valence-corrected chi connectivity index (χ4v) is 5.37. The molecule has 0 saturated carbocycles. The van der Waals surface area contributed by atoms with Gasteiger partial charge in [-0.3, -0.25) is 9.10 Å². The van der Waals surface area contributed by atoms with Crippen molar-refractivity contribution in [2.75, 3.05) is 35.6 Å². The highest BCUT2D eigenvalue weighted by atomic mass is 32.2. The van der Waals surface area contributed by atoms with Crippen LogP contribution in [0.1, 0.15) is 23.7 Å². The molecule has 0 atom stereocenters. The molecule has 0 aromatic heterocycles. The molecule has 0 aliphatic carbocycles. The number of amides is 1. The molecule has 1 aliphatic rings. The van der Waals surface area contributed by atoms with E-state index < -0.39 is 10.0 Å². The number of carbonyl (C=O) groups excluding carboxylic acids is 1. The number of rotatable bonds is 6. The van der Waals surface area contributed by atoms with E-state index in [1.54, 1.807) is 24.3 Å². The van der Waals surface area contributed by atoms with E-state index in [1.807, 2.05) is 37.3 Å². The molecule has 1 amide bonds. The van der Waals surface area contributed by atoms with E-state index in [1.165, 1.54) is 11.4 Å². The number of nitrogens with zero attached hydrogens (tertiary/aromatic N) is 1. The first-order chi connectivity index (χ1) is 14.9. The summed E-state index contributed by atoms with van der Waals surface area (Å²) in [5.74, 6) is 0.679. The van der Waals surface area contributed by atoms with Gasteiger partial charge in [-0.05, 0) is 42.3 Å². The number of fused-ring (bicyclic) bond motifs is 1. The Balaban J connectivity index is 1.70. The van der Waals surface area contributed by atoms with Gasteiger partial charge in [-0.2, -0.15) is 0 Å². The Kier molecular flexibility index (Phi) is 5.73. The third-order valence-corrected chi connectivity index (χ3v) is 7.11. The molecule has 7 nitrogen and oxygen atoms in total. The topological polar surface area (TPSA) is 84.9 Å². The van der Waals surface area contributed by atoms with Crippen molar-refractivity contribution in [3.05, 3.63) is 60.2 Å². The number of sulfonamides is 1. The van der Waals surface area contributed by atoms with Crippen LogP contribution in [-0.4, -0.2) is 40.3 Å². The Morgan fingerprint density at radius 2 is 1.90 bits per heavy atom. The summed E-state index contributed by atoms with van der Waals surface area (Å²) in [5.41, 5.74) is 1.41. The van der Waals surface area contributed by atoms with Crippen molar-refractivity contribution in [1.29, 1.82) is 0 Å². The first kappa shape index (κ1) is 21.0. The van der Waals surface area contributed by atoms with Gasteiger partial charge >= 0.3 is 0 Å². The molecule has 1 heterocycles. The molecule has 8 heteroatoms. The fourth-order valence-electron chi connectivity index (χ4n) is 3.81. The zero-order valence-electron chi connectivity index (χ0n) is 17.4. The first-order valence-corrected chi connectivity index (χ1v) is 11.7. The second kappa shape index (κ2) is 8.47. The van der Waals surface area contributed by atoms with Crippen LogP contribution in [-0.2, 0) is 10.0 Å². The minimum Gasteiger partial charge on any atom is -0.494 e. The molecule has 4 rings (SSSR count). The maximum atomic E-state index is 13.3. The number of hydrogen-bond acceptors (Lipinski definition) is 5. The Labute approximate surface area is 181 Å². The van der Waals surface area contributed by atoms with Crippen molar-refractivity contribution in [3.8, 4) is 11.5 Å². The van der Waals surface area contributed by atoms with Gasteiger partial charge in [0.1, 0.15) is 11.5 Å². The quantitative estimate of drug-likeness (QED) is 0.625. The molecule has 0 radical (unpaired) electrons. The van der Waals surface area contributed by atoms with Crippen LogP contribution < -0.4 is 19.1 Å². The SMILES string of the molecule is CCOc1ccc2ccccc2c1C(=O)Nc1ccc(N2CCCS2(=O)=O)cc1OC. The number of methoxy groups -OCH3 is 1.